The second-order valence-corrected chi connectivity index (χ2v) is 4.58. The van der Waals surface area contributed by atoms with Crippen molar-refractivity contribution < 1.29 is 0 Å². The topological polar surface area (TPSA) is 51.8 Å². The van der Waals surface area contributed by atoms with Crippen LogP contribution in [-0.4, -0.2) is 9.97 Å². The summed E-state index contributed by atoms with van der Waals surface area (Å²) >= 11 is 0. The molecule has 1 aromatic heterocycles. The predicted octanol–water partition coefficient (Wildman–Crippen LogP) is 3.06. The molecule has 0 saturated carbocycles. The Kier molecular flexibility index (Phi) is 2.97. The van der Waals surface area contributed by atoms with Gasteiger partial charge in [-0.15, -0.1) is 0 Å². The Labute approximate surface area is 112 Å². The van der Waals surface area contributed by atoms with Crippen LogP contribution in [0.5, 0.6) is 0 Å². The lowest BCUT2D eigenvalue weighted by atomic mass is 10.0. The molecule has 2 N–H and O–H groups in total. The fraction of sp³-hybridized carbons (Fsp3) is 0.125. The van der Waals surface area contributed by atoms with Gasteiger partial charge in [-0.05, 0) is 29.8 Å². The van der Waals surface area contributed by atoms with Gasteiger partial charge in [0.1, 0.15) is 5.82 Å². The Hall–Kier alpha value is -2.26. The molecule has 0 amide bonds. The van der Waals surface area contributed by atoms with E-state index < -0.39 is 0 Å². The first-order valence-corrected chi connectivity index (χ1v) is 6.30. The predicted molar refractivity (Wildman–Crippen MR) is 77.6 cm³/mol. The monoisotopic (exact) mass is 249 g/mol. The van der Waals surface area contributed by atoms with Crippen molar-refractivity contribution in [3.63, 3.8) is 0 Å². The first kappa shape index (κ1) is 11.8. The van der Waals surface area contributed by atoms with Crippen molar-refractivity contribution in [3.05, 3.63) is 60.0 Å². The average Bonchev–Trinajstić information content (AvgIpc) is 2.46. The number of benzene rings is 2. The fourth-order valence-electron chi connectivity index (χ4n) is 2.22. The minimum atomic E-state index is 0.363. The molecule has 94 valence electrons. The summed E-state index contributed by atoms with van der Waals surface area (Å²) in [4.78, 5) is 8.80. The largest absolute Gasteiger partial charge is 0.324 e. The molecule has 0 aliphatic rings. The van der Waals surface area contributed by atoms with Gasteiger partial charge in [0.25, 0.3) is 0 Å². The summed E-state index contributed by atoms with van der Waals surface area (Å²) in [5.74, 6) is 0.683. The summed E-state index contributed by atoms with van der Waals surface area (Å²) in [6, 6.07) is 16.6. The molecule has 2 aromatic carbocycles. The Morgan fingerprint density at radius 2 is 1.74 bits per heavy atom. The molecule has 19 heavy (non-hydrogen) atoms. The number of hydrogen-bond donors (Lipinski definition) is 1. The summed E-state index contributed by atoms with van der Waals surface area (Å²) in [6.07, 6.45) is 0. The van der Waals surface area contributed by atoms with Crippen LogP contribution in [0.3, 0.4) is 0 Å². The highest BCUT2D eigenvalue weighted by Gasteiger charge is 2.04. The summed E-state index contributed by atoms with van der Waals surface area (Å²) in [6.45, 7) is 2.33. The number of nitrogens with zero attached hydrogens (tertiary/aromatic N) is 2. The molecule has 0 radical (unpaired) electrons. The summed E-state index contributed by atoms with van der Waals surface area (Å²) in [7, 11) is 0. The van der Waals surface area contributed by atoms with Gasteiger partial charge in [-0.1, -0.05) is 36.4 Å². The maximum absolute atomic E-state index is 5.63. The van der Waals surface area contributed by atoms with Gasteiger partial charge in [0.05, 0.1) is 12.2 Å². The van der Waals surface area contributed by atoms with Crippen LogP contribution in [0.4, 0.5) is 0 Å². The van der Waals surface area contributed by atoms with Gasteiger partial charge in [0.15, 0.2) is 0 Å². The van der Waals surface area contributed by atoms with E-state index in [1.165, 1.54) is 10.8 Å². The van der Waals surface area contributed by atoms with Gasteiger partial charge in [-0.3, -0.25) is 0 Å². The maximum atomic E-state index is 5.63. The number of rotatable bonds is 2. The smallest absolute Gasteiger partial charge is 0.142 e. The minimum Gasteiger partial charge on any atom is -0.324 e. The van der Waals surface area contributed by atoms with Gasteiger partial charge >= 0.3 is 0 Å². The van der Waals surface area contributed by atoms with Gasteiger partial charge in [0.2, 0.25) is 0 Å². The molecule has 0 unspecified atom stereocenters. The summed E-state index contributed by atoms with van der Waals surface area (Å²) < 4.78 is 0. The summed E-state index contributed by atoms with van der Waals surface area (Å²) in [5.41, 5.74) is 8.60. The third kappa shape index (κ3) is 2.33. The van der Waals surface area contributed by atoms with Gasteiger partial charge in [0, 0.05) is 11.3 Å². The third-order valence-corrected chi connectivity index (χ3v) is 3.13. The molecule has 0 fully saturated rings. The molecule has 3 nitrogen and oxygen atoms in total. The third-order valence-electron chi connectivity index (χ3n) is 3.13. The van der Waals surface area contributed by atoms with Crippen LogP contribution in [0.2, 0.25) is 0 Å². The molecule has 1 heterocycles. The molecule has 0 bridgehead atoms. The van der Waals surface area contributed by atoms with Crippen molar-refractivity contribution in [2.75, 3.05) is 0 Å². The lowest BCUT2D eigenvalue weighted by Gasteiger charge is -2.06. The molecule has 0 saturated heterocycles. The van der Waals surface area contributed by atoms with E-state index >= 15 is 0 Å². The van der Waals surface area contributed by atoms with Crippen LogP contribution in [0.1, 0.15) is 11.5 Å². The zero-order chi connectivity index (χ0) is 13.2. The Balaban J connectivity index is 2.15. The van der Waals surface area contributed by atoms with E-state index in [2.05, 4.69) is 40.3 Å². The van der Waals surface area contributed by atoms with E-state index in [4.69, 9.17) is 5.73 Å². The highest BCUT2D eigenvalue weighted by atomic mass is 14.9. The van der Waals surface area contributed by atoms with E-state index in [9.17, 15) is 0 Å². The highest BCUT2D eigenvalue weighted by molar-refractivity contribution is 5.86. The van der Waals surface area contributed by atoms with E-state index in [1.807, 2.05) is 25.1 Å². The quantitative estimate of drug-likeness (QED) is 0.759. The van der Waals surface area contributed by atoms with E-state index in [-0.39, 0.29) is 0 Å². The molecular weight excluding hydrogens is 234 g/mol. The van der Waals surface area contributed by atoms with Gasteiger partial charge in [-0.25, -0.2) is 9.97 Å². The first-order chi connectivity index (χ1) is 9.26. The molecule has 0 aliphatic heterocycles. The van der Waals surface area contributed by atoms with Crippen LogP contribution < -0.4 is 5.73 Å². The Morgan fingerprint density at radius 1 is 0.947 bits per heavy atom. The zero-order valence-corrected chi connectivity index (χ0v) is 10.8. The van der Waals surface area contributed by atoms with E-state index in [0.717, 1.165) is 17.0 Å². The molecule has 3 rings (SSSR count). The maximum Gasteiger partial charge on any atom is 0.142 e. The number of fused-ring (bicyclic) bond motifs is 1. The van der Waals surface area contributed by atoms with Crippen LogP contribution in [0, 0.1) is 6.92 Å². The standard InChI is InChI=1S/C16H15N3/c1-11-8-15(19-16(10-17)18-11)14-7-6-12-4-2-3-5-13(12)9-14/h2-9H,10,17H2,1H3. The van der Waals surface area contributed by atoms with Crippen molar-refractivity contribution in [1.29, 1.82) is 0 Å². The SMILES string of the molecule is Cc1cc(-c2ccc3ccccc3c2)nc(CN)n1. The molecule has 0 aliphatic carbocycles. The normalized spacial score (nSPS) is 10.8. The highest BCUT2D eigenvalue weighted by Crippen LogP contribution is 2.23. The number of aromatic nitrogens is 2. The van der Waals surface area contributed by atoms with Crippen LogP contribution in [-0.2, 0) is 6.54 Å². The zero-order valence-electron chi connectivity index (χ0n) is 10.8. The second kappa shape index (κ2) is 4.78. The lowest BCUT2D eigenvalue weighted by molar-refractivity contribution is 0.894. The summed E-state index contributed by atoms with van der Waals surface area (Å²) in [5, 5.41) is 2.45. The molecule has 3 heteroatoms. The van der Waals surface area contributed by atoms with E-state index in [1.54, 1.807) is 0 Å². The molecule has 0 atom stereocenters. The van der Waals surface area contributed by atoms with E-state index in [0.29, 0.717) is 12.4 Å². The van der Waals surface area contributed by atoms with Crippen molar-refractivity contribution in [2.45, 2.75) is 13.5 Å². The van der Waals surface area contributed by atoms with Crippen molar-refractivity contribution in [3.8, 4) is 11.3 Å². The minimum absolute atomic E-state index is 0.363. The van der Waals surface area contributed by atoms with Crippen LogP contribution in [0.15, 0.2) is 48.5 Å². The average molecular weight is 249 g/mol. The van der Waals surface area contributed by atoms with Crippen LogP contribution >= 0.6 is 0 Å². The second-order valence-electron chi connectivity index (χ2n) is 4.58. The fourth-order valence-corrected chi connectivity index (χ4v) is 2.22. The first-order valence-electron chi connectivity index (χ1n) is 6.30. The molecule has 3 aromatic rings. The van der Waals surface area contributed by atoms with Gasteiger partial charge < -0.3 is 5.73 Å². The van der Waals surface area contributed by atoms with Crippen LogP contribution in [0.25, 0.3) is 22.0 Å². The Bertz CT molecular complexity index is 735. The molecule has 0 spiro atoms. The van der Waals surface area contributed by atoms with Crippen molar-refractivity contribution in [1.82, 2.24) is 9.97 Å². The number of aryl methyl sites for hydroxylation is 1. The van der Waals surface area contributed by atoms with Gasteiger partial charge in [-0.2, -0.15) is 0 Å². The van der Waals surface area contributed by atoms with Crippen molar-refractivity contribution in [2.24, 2.45) is 5.73 Å². The number of nitrogens with two attached hydrogens (primary N) is 1. The Morgan fingerprint density at radius 3 is 2.53 bits per heavy atom. The number of hydrogen-bond acceptors (Lipinski definition) is 3. The lowest BCUT2D eigenvalue weighted by Crippen LogP contribution is -2.05. The van der Waals surface area contributed by atoms with Crippen molar-refractivity contribution >= 4 is 10.8 Å². The molecular formula is C16H15N3.